The van der Waals surface area contributed by atoms with E-state index in [1.807, 2.05) is 0 Å². The lowest BCUT2D eigenvalue weighted by Gasteiger charge is -2.12. The van der Waals surface area contributed by atoms with Gasteiger partial charge in [0.15, 0.2) is 0 Å². The molecule has 0 aliphatic carbocycles. The van der Waals surface area contributed by atoms with Gasteiger partial charge in [-0.1, -0.05) is 35.9 Å². The molecular formula is C15H11ClNO3-. The van der Waals surface area contributed by atoms with Gasteiger partial charge in [0.2, 0.25) is 0 Å². The van der Waals surface area contributed by atoms with Gasteiger partial charge in [0.05, 0.1) is 5.97 Å². The molecule has 1 N–H and O–H groups in total. The minimum absolute atomic E-state index is 0.0480. The molecule has 5 heteroatoms. The average Bonchev–Trinajstić information content (AvgIpc) is 2.43. The third-order valence-corrected chi connectivity index (χ3v) is 3.32. The molecule has 4 nitrogen and oxygen atoms in total. The predicted octanol–water partition coefficient (Wildman–Crippen LogP) is 2.26. The number of anilines is 1. The number of benzene rings is 2. The molecule has 0 heterocycles. The van der Waals surface area contributed by atoms with Gasteiger partial charge in [0, 0.05) is 21.8 Å². The summed E-state index contributed by atoms with van der Waals surface area (Å²) >= 11 is 5.97. The van der Waals surface area contributed by atoms with Crippen LogP contribution >= 0.6 is 11.6 Å². The Kier molecular flexibility index (Phi) is 4.05. The van der Waals surface area contributed by atoms with Crippen LogP contribution in [0, 0.1) is 6.92 Å². The molecule has 0 aliphatic rings. The molecular weight excluding hydrogens is 278 g/mol. The Morgan fingerprint density at radius 2 is 1.70 bits per heavy atom. The van der Waals surface area contributed by atoms with Crippen LogP contribution in [-0.4, -0.2) is 11.9 Å². The van der Waals surface area contributed by atoms with Gasteiger partial charge in [-0.15, -0.1) is 0 Å². The Morgan fingerprint density at radius 3 is 2.35 bits per heavy atom. The number of carboxylic acid groups (broad SMARTS) is 1. The van der Waals surface area contributed by atoms with E-state index in [-0.39, 0.29) is 11.1 Å². The van der Waals surface area contributed by atoms with E-state index < -0.39 is 11.9 Å². The van der Waals surface area contributed by atoms with E-state index in [0.29, 0.717) is 16.3 Å². The van der Waals surface area contributed by atoms with E-state index in [0.717, 1.165) is 0 Å². The first-order valence-corrected chi connectivity index (χ1v) is 6.25. The molecule has 20 heavy (non-hydrogen) atoms. The molecule has 2 aromatic rings. The number of nitrogens with one attached hydrogen (secondary N) is 1. The Hall–Kier alpha value is -2.33. The number of halogens is 1. The van der Waals surface area contributed by atoms with Gasteiger partial charge in [0.25, 0.3) is 5.91 Å². The smallest absolute Gasteiger partial charge is 0.256 e. The van der Waals surface area contributed by atoms with Crippen molar-refractivity contribution in [3.05, 3.63) is 64.2 Å². The first-order valence-electron chi connectivity index (χ1n) is 5.87. The van der Waals surface area contributed by atoms with Crippen molar-refractivity contribution < 1.29 is 14.7 Å². The highest BCUT2D eigenvalue weighted by atomic mass is 35.5. The van der Waals surface area contributed by atoms with Crippen molar-refractivity contribution in [2.24, 2.45) is 0 Å². The second kappa shape index (κ2) is 5.75. The van der Waals surface area contributed by atoms with Crippen molar-refractivity contribution in [2.75, 3.05) is 5.32 Å². The van der Waals surface area contributed by atoms with Crippen LogP contribution in [-0.2, 0) is 0 Å². The van der Waals surface area contributed by atoms with Gasteiger partial charge in [-0.05, 0) is 30.7 Å². The lowest BCUT2D eigenvalue weighted by atomic mass is 10.1. The average molecular weight is 289 g/mol. The van der Waals surface area contributed by atoms with Crippen molar-refractivity contribution in [2.45, 2.75) is 6.92 Å². The summed E-state index contributed by atoms with van der Waals surface area (Å²) in [5.41, 5.74) is 1.15. The molecule has 0 aromatic heterocycles. The Bertz CT molecular complexity index is 683. The summed E-state index contributed by atoms with van der Waals surface area (Å²) in [6, 6.07) is 11.0. The first-order chi connectivity index (χ1) is 9.50. The maximum Gasteiger partial charge on any atom is 0.256 e. The SMILES string of the molecule is Cc1c(Cl)cccc1NC(=O)c1ccccc1C(=O)[O-]. The van der Waals surface area contributed by atoms with E-state index >= 15 is 0 Å². The van der Waals surface area contributed by atoms with Gasteiger partial charge >= 0.3 is 0 Å². The molecule has 1 amide bonds. The second-order valence-electron chi connectivity index (χ2n) is 4.20. The zero-order valence-electron chi connectivity index (χ0n) is 10.6. The molecule has 0 aliphatic heterocycles. The summed E-state index contributed by atoms with van der Waals surface area (Å²) in [6.45, 7) is 1.77. The zero-order chi connectivity index (χ0) is 14.7. The van der Waals surface area contributed by atoms with Crippen LogP contribution < -0.4 is 10.4 Å². The number of hydrogen-bond acceptors (Lipinski definition) is 3. The van der Waals surface area contributed by atoms with Gasteiger partial charge in [-0.25, -0.2) is 0 Å². The zero-order valence-corrected chi connectivity index (χ0v) is 11.4. The molecule has 0 fully saturated rings. The van der Waals surface area contributed by atoms with E-state index in [9.17, 15) is 14.7 Å². The quantitative estimate of drug-likeness (QED) is 0.942. The number of carboxylic acids is 1. The van der Waals surface area contributed by atoms with Crippen molar-refractivity contribution in [3.8, 4) is 0 Å². The second-order valence-corrected chi connectivity index (χ2v) is 4.61. The van der Waals surface area contributed by atoms with Crippen LogP contribution in [0.2, 0.25) is 5.02 Å². The van der Waals surface area contributed by atoms with E-state index in [1.165, 1.54) is 18.2 Å². The summed E-state index contributed by atoms with van der Waals surface area (Å²) in [5, 5.41) is 14.2. The highest BCUT2D eigenvalue weighted by Crippen LogP contribution is 2.23. The molecule has 0 spiro atoms. The van der Waals surface area contributed by atoms with Crippen LogP contribution in [0.5, 0.6) is 0 Å². The van der Waals surface area contributed by atoms with Crippen LogP contribution in [0.4, 0.5) is 5.69 Å². The number of hydrogen-bond donors (Lipinski definition) is 1. The highest BCUT2D eigenvalue weighted by molar-refractivity contribution is 6.31. The lowest BCUT2D eigenvalue weighted by Crippen LogP contribution is -2.26. The van der Waals surface area contributed by atoms with E-state index in [4.69, 9.17) is 11.6 Å². The van der Waals surface area contributed by atoms with Crippen LogP contribution in [0.25, 0.3) is 0 Å². The fraction of sp³-hybridized carbons (Fsp3) is 0.0667. The number of amides is 1. The van der Waals surface area contributed by atoms with Crippen molar-refractivity contribution in [1.82, 2.24) is 0 Å². The molecule has 0 unspecified atom stereocenters. The van der Waals surface area contributed by atoms with Gasteiger partial charge in [-0.2, -0.15) is 0 Å². The Balaban J connectivity index is 2.34. The highest BCUT2D eigenvalue weighted by Gasteiger charge is 2.13. The van der Waals surface area contributed by atoms with Gasteiger partial charge < -0.3 is 15.2 Å². The number of aromatic carboxylic acids is 1. The van der Waals surface area contributed by atoms with E-state index in [2.05, 4.69) is 5.32 Å². The van der Waals surface area contributed by atoms with E-state index in [1.54, 1.807) is 31.2 Å². The maximum absolute atomic E-state index is 12.2. The van der Waals surface area contributed by atoms with Crippen molar-refractivity contribution >= 4 is 29.2 Å². The van der Waals surface area contributed by atoms with Gasteiger partial charge in [0.1, 0.15) is 0 Å². The first kappa shape index (κ1) is 14.1. The molecule has 0 saturated carbocycles. The summed E-state index contributed by atoms with van der Waals surface area (Å²) in [6.07, 6.45) is 0. The lowest BCUT2D eigenvalue weighted by molar-refractivity contribution is -0.255. The minimum Gasteiger partial charge on any atom is -0.545 e. The minimum atomic E-state index is -1.39. The summed E-state index contributed by atoms with van der Waals surface area (Å²) < 4.78 is 0. The molecule has 2 rings (SSSR count). The largest absolute Gasteiger partial charge is 0.545 e. The molecule has 0 atom stereocenters. The molecule has 0 bridgehead atoms. The molecule has 0 radical (unpaired) electrons. The van der Waals surface area contributed by atoms with Crippen LogP contribution in [0.15, 0.2) is 42.5 Å². The normalized spacial score (nSPS) is 10.1. The van der Waals surface area contributed by atoms with Crippen molar-refractivity contribution in [1.29, 1.82) is 0 Å². The fourth-order valence-corrected chi connectivity index (χ4v) is 1.97. The summed E-state index contributed by atoms with van der Waals surface area (Å²) in [7, 11) is 0. The Morgan fingerprint density at radius 1 is 1.05 bits per heavy atom. The third-order valence-electron chi connectivity index (χ3n) is 2.91. The monoisotopic (exact) mass is 288 g/mol. The molecule has 0 saturated heterocycles. The van der Waals surface area contributed by atoms with Crippen LogP contribution in [0.3, 0.4) is 0 Å². The number of carbonyl (C=O) groups excluding carboxylic acids is 2. The van der Waals surface area contributed by atoms with Crippen molar-refractivity contribution in [3.63, 3.8) is 0 Å². The molecule has 2 aromatic carbocycles. The number of carbonyl (C=O) groups is 2. The fourth-order valence-electron chi connectivity index (χ4n) is 1.79. The Labute approximate surface area is 121 Å². The van der Waals surface area contributed by atoms with Gasteiger partial charge in [-0.3, -0.25) is 4.79 Å². The molecule has 102 valence electrons. The third kappa shape index (κ3) is 2.81. The standard InChI is InChI=1S/C15H12ClNO3/c1-9-12(16)7-4-8-13(9)17-14(18)10-5-2-3-6-11(10)15(19)20/h2-8H,1H3,(H,17,18)(H,19,20)/p-1. The summed E-state index contributed by atoms with van der Waals surface area (Å²) in [4.78, 5) is 23.1. The van der Waals surface area contributed by atoms with Crippen LogP contribution in [0.1, 0.15) is 26.3 Å². The summed E-state index contributed by atoms with van der Waals surface area (Å²) in [5.74, 6) is -1.91. The predicted molar refractivity (Wildman–Crippen MR) is 74.9 cm³/mol. The topological polar surface area (TPSA) is 69.2 Å². The maximum atomic E-state index is 12.2. The number of rotatable bonds is 3.